The average Bonchev–Trinajstić information content (AvgIpc) is 2.62. The van der Waals surface area contributed by atoms with Crippen molar-refractivity contribution < 1.29 is 0 Å². The van der Waals surface area contributed by atoms with Crippen LogP contribution in [0, 0.1) is 0 Å². The predicted molar refractivity (Wildman–Crippen MR) is 113 cm³/mol. The van der Waals surface area contributed by atoms with Gasteiger partial charge in [-0.15, -0.1) is 0 Å². The predicted octanol–water partition coefficient (Wildman–Crippen LogP) is 3.84. The quantitative estimate of drug-likeness (QED) is 0.724. The van der Waals surface area contributed by atoms with E-state index in [0.717, 1.165) is 27.1 Å². The summed E-state index contributed by atoms with van der Waals surface area (Å²) in [5, 5.41) is 4.66. The van der Waals surface area contributed by atoms with Gasteiger partial charge in [0.1, 0.15) is 0 Å². The third-order valence-corrected chi connectivity index (χ3v) is 4.28. The normalized spacial score (nSPS) is 13.8. The van der Waals surface area contributed by atoms with Crippen LogP contribution in [0.3, 0.4) is 0 Å². The van der Waals surface area contributed by atoms with Crippen LogP contribution in [0.25, 0.3) is 35.5 Å². The second kappa shape index (κ2) is 8.88. The van der Waals surface area contributed by atoms with Crippen molar-refractivity contribution in [3.05, 3.63) is 82.6 Å². The lowest BCUT2D eigenvalue weighted by Gasteiger charge is -2.13. The molecule has 0 heteroatoms. The highest BCUT2D eigenvalue weighted by Gasteiger charge is 2.10. The maximum absolute atomic E-state index is 4.07. The minimum atomic E-state index is 1.02. The lowest BCUT2D eigenvalue weighted by atomic mass is 9.90. The molecule has 0 aliphatic rings. The van der Waals surface area contributed by atoms with E-state index in [2.05, 4.69) is 71.4 Å². The van der Waals surface area contributed by atoms with Gasteiger partial charge in [0.25, 0.3) is 0 Å². The molecule has 0 saturated carbocycles. The summed E-state index contributed by atoms with van der Waals surface area (Å²) in [7, 11) is 0. The first kappa shape index (κ1) is 19.4. The standard InChI is InChI=1S/C24H28/c1-9-17(10-2)23-19(13-5)21(15-7)24(18(11-3)12-4)22(16-8)20(23)14-6/h9-16H,1-3,7H2,4-6,8H3/b18-12-,19-13-,20-14-,22-16-. The Morgan fingerprint density at radius 2 is 1.25 bits per heavy atom. The van der Waals surface area contributed by atoms with Gasteiger partial charge in [0, 0.05) is 0 Å². The molecule has 0 radical (unpaired) electrons. The van der Waals surface area contributed by atoms with Crippen molar-refractivity contribution in [2.75, 3.05) is 0 Å². The molecule has 0 spiro atoms. The summed E-state index contributed by atoms with van der Waals surface area (Å²) in [6.07, 6.45) is 16.1. The fourth-order valence-corrected chi connectivity index (χ4v) is 3.21. The summed E-state index contributed by atoms with van der Waals surface area (Å²) in [5.74, 6) is 0. The molecule has 0 heterocycles. The van der Waals surface area contributed by atoms with Gasteiger partial charge in [-0.2, -0.15) is 0 Å². The van der Waals surface area contributed by atoms with E-state index in [0.29, 0.717) is 0 Å². The van der Waals surface area contributed by atoms with Crippen molar-refractivity contribution in [3.8, 4) is 0 Å². The summed E-state index contributed by atoms with van der Waals surface area (Å²) >= 11 is 0. The van der Waals surface area contributed by atoms with Crippen molar-refractivity contribution in [1.29, 1.82) is 0 Å². The molecule has 0 bridgehead atoms. The fraction of sp³-hybridized carbons (Fsp3) is 0.167. The highest BCUT2D eigenvalue weighted by molar-refractivity contribution is 5.82. The van der Waals surface area contributed by atoms with Crippen LogP contribution in [0.4, 0.5) is 0 Å². The van der Waals surface area contributed by atoms with E-state index in [9.17, 15) is 0 Å². The largest absolute Gasteiger partial charge is 0.0985 e. The molecule has 0 aromatic heterocycles. The highest BCUT2D eigenvalue weighted by Crippen LogP contribution is 2.14. The van der Waals surface area contributed by atoms with E-state index < -0.39 is 0 Å². The average molecular weight is 316 g/mol. The van der Waals surface area contributed by atoms with Gasteiger partial charge in [-0.3, -0.25) is 0 Å². The minimum absolute atomic E-state index is 1.02. The first-order valence-corrected chi connectivity index (χ1v) is 8.25. The van der Waals surface area contributed by atoms with Gasteiger partial charge in [-0.1, -0.05) is 74.9 Å². The fourth-order valence-electron chi connectivity index (χ4n) is 3.21. The number of rotatable bonds is 5. The zero-order valence-corrected chi connectivity index (χ0v) is 15.4. The Morgan fingerprint density at radius 1 is 0.708 bits per heavy atom. The van der Waals surface area contributed by atoms with E-state index in [1.54, 1.807) is 0 Å². The maximum Gasteiger partial charge on any atom is -0.00335 e. The van der Waals surface area contributed by atoms with E-state index >= 15 is 0 Å². The monoisotopic (exact) mass is 316 g/mol. The van der Waals surface area contributed by atoms with Gasteiger partial charge in [0.05, 0.1) is 0 Å². The molecular weight excluding hydrogens is 288 g/mol. The van der Waals surface area contributed by atoms with Crippen LogP contribution >= 0.6 is 0 Å². The van der Waals surface area contributed by atoms with Gasteiger partial charge in [0.15, 0.2) is 0 Å². The highest BCUT2D eigenvalue weighted by atomic mass is 14.1. The molecule has 0 fully saturated rings. The van der Waals surface area contributed by atoms with Gasteiger partial charge in [-0.05, 0) is 70.8 Å². The SMILES string of the molecule is C=CC(C=C)=c1/c(=C\C)c(C=C)c(/C(C=C)=C\C)c(=C\C)/c1=C/C. The maximum atomic E-state index is 4.07. The number of benzene rings is 1. The lowest BCUT2D eigenvalue weighted by molar-refractivity contribution is 1.32. The molecule has 0 N–H and O–H groups in total. The topological polar surface area (TPSA) is 0 Å². The van der Waals surface area contributed by atoms with Crippen molar-refractivity contribution in [2.24, 2.45) is 0 Å². The zero-order valence-electron chi connectivity index (χ0n) is 15.4. The molecule has 0 nitrogen and oxygen atoms in total. The number of hydrogen-bond acceptors (Lipinski definition) is 0. The molecule has 1 aromatic rings. The Kier molecular flexibility index (Phi) is 7.20. The molecule has 24 heavy (non-hydrogen) atoms. The minimum Gasteiger partial charge on any atom is -0.0985 e. The first-order chi connectivity index (χ1) is 11.6. The summed E-state index contributed by atoms with van der Waals surface area (Å²) in [5.41, 5.74) is 4.41. The Bertz CT molecular complexity index is 935. The van der Waals surface area contributed by atoms with Gasteiger partial charge < -0.3 is 0 Å². The molecule has 1 rings (SSSR count). The molecule has 0 saturated heterocycles. The molecule has 0 aliphatic carbocycles. The van der Waals surface area contributed by atoms with Crippen molar-refractivity contribution in [2.45, 2.75) is 27.7 Å². The number of allylic oxidation sites excluding steroid dienone is 5. The summed E-state index contributed by atoms with van der Waals surface area (Å²) in [6, 6.07) is 0. The molecule has 0 aliphatic heterocycles. The lowest BCUT2D eigenvalue weighted by Crippen LogP contribution is -2.52. The third kappa shape index (κ3) is 3.19. The number of hydrogen-bond donors (Lipinski definition) is 0. The Balaban J connectivity index is 4.72. The van der Waals surface area contributed by atoms with Crippen molar-refractivity contribution >= 4 is 35.5 Å². The molecule has 0 amide bonds. The van der Waals surface area contributed by atoms with E-state index in [-0.39, 0.29) is 0 Å². The first-order valence-electron chi connectivity index (χ1n) is 8.25. The second-order valence-corrected chi connectivity index (χ2v) is 5.29. The second-order valence-electron chi connectivity index (χ2n) is 5.29. The Labute approximate surface area is 146 Å². The molecule has 1 aromatic carbocycles. The Hall–Kier alpha value is -2.60. The van der Waals surface area contributed by atoms with Crippen LogP contribution < -0.4 is 20.9 Å². The van der Waals surface area contributed by atoms with Crippen LogP contribution in [0.5, 0.6) is 0 Å². The van der Waals surface area contributed by atoms with E-state index in [1.165, 1.54) is 16.0 Å². The summed E-state index contributed by atoms with van der Waals surface area (Å²) in [6.45, 7) is 24.2. The van der Waals surface area contributed by atoms with Crippen LogP contribution in [0.2, 0.25) is 0 Å². The smallest absolute Gasteiger partial charge is 0.00335 e. The van der Waals surface area contributed by atoms with Crippen molar-refractivity contribution in [1.82, 2.24) is 0 Å². The Morgan fingerprint density at radius 3 is 1.58 bits per heavy atom. The molecule has 0 atom stereocenters. The van der Waals surface area contributed by atoms with Crippen LogP contribution in [-0.2, 0) is 0 Å². The van der Waals surface area contributed by atoms with Crippen LogP contribution in [0.1, 0.15) is 38.8 Å². The third-order valence-electron chi connectivity index (χ3n) is 4.28. The molecular formula is C24H28. The van der Waals surface area contributed by atoms with Gasteiger partial charge in [-0.25, -0.2) is 0 Å². The summed E-state index contributed by atoms with van der Waals surface area (Å²) in [4.78, 5) is 0. The van der Waals surface area contributed by atoms with E-state index in [4.69, 9.17) is 0 Å². The summed E-state index contributed by atoms with van der Waals surface area (Å²) < 4.78 is 0. The van der Waals surface area contributed by atoms with Crippen LogP contribution in [-0.4, -0.2) is 0 Å². The van der Waals surface area contributed by atoms with E-state index in [1.807, 2.05) is 31.2 Å². The zero-order chi connectivity index (χ0) is 18.3. The molecule has 124 valence electrons. The van der Waals surface area contributed by atoms with Crippen LogP contribution in [0.15, 0.2) is 50.6 Å². The molecule has 0 unspecified atom stereocenters. The van der Waals surface area contributed by atoms with Gasteiger partial charge >= 0.3 is 0 Å². The van der Waals surface area contributed by atoms with Gasteiger partial charge in [0.2, 0.25) is 0 Å². The van der Waals surface area contributed by atoms with Crippen molar-refractivity contribution in [3.63, 3.8) is 0 Å².